The van der Waals surface area contributed by atoms with Crippen molar-refractivity contribution in [2.45, 2.75) is 0 Å². The highest BCUT2D eigenvalue weighted by Crippen LogP contribution is 2.32. The zero-order chi connectivity index (χ0) is 20.4. The van der Waals surface area contributed by atoms with E-state index in [1.165, 1.54) is 12.1 Å². The van der Waals surface area contributed by atoms with Crippen molar-refractivity contribution in [1.82, 2.24) is 15.0 Å². The Morgan fingerprint density at radius 1 is 0.966 bits per heavy atom. The van der Waals surface area contributed by atoms with Crippen LogP contribution in [0.4, 0.5) is 10.3 Å². The molecular formula is C21H13Cl2FN4O. The first-order valence-corrected chi connectivity index (χ1v) is 9.51. The number of rotatable bonds is 4. The van der Waals surface area contributed by atoms with E-state index in [-0.39, 0.29) is 22.8 Å². The second kappa shape index (κ2) is 8.11. The summed E-state index contributed by atoms with van der Waals surface area (Å²) in [4.78, 5) is 24.9. The SMILES string of the molecule is O=C(CCl)Nc1nc(-c2ccccc2)cc(-c2cc3cc(F)ccc3nc2Cl)n1. The molecule has 2 aromatic heterocycles. The monoisotopic (exact) mass is 426 g/mol. The lowest BCUT2D eigenvalue weighted by Gasteiger charge is -2.11. The summed E-state index contributed by atoms with van der Waals surface area (Å²) in [6.45, 7) is 0. The molecular weight excluding hydrogens is 414 g/mol. The Kier molecular flexibility index (Phi) is 5.38. The fourth-order valence-corrected chi connectivity index (χ4v) is 3.17. The third kappa shape index (κ3) is 4.18. The van der Waals surface area contributed by atoms with E-state index >= 15 is 0 Å². The number of pyridine rings is 1. The fourth-order valence-electron chi connectivity index (χ4n) is 2.86. The molecule has 4 aromatic rings. The van der Waals surface area contributed by atoms with Crippen LogP contribution in [0.1, 0.15) is 0 Å². The van der Waals surface area contributed by atoms with Crippen LogP contribution < -0.4 is 5.32 Å². The van der Waals surface area contributed by atoms with Gasteiger partial charge in [0.1, 0.15) is 16.9 Å². The fraction of sp³-hybridized carbons (Fsp3) is 0.0476. The van der Waals surface area contributed by atoms with Crippen LogP contribution >= 0.6 is 23.2 Å². The molecule has 1 amide bonds. The van der Waals surface area contributed by atoms with E-state index in [1.807, 2.05) is 30.3 Å². The molecule has 0 saturated carbocycles. The van der Waals surface area contributed by atoms with Gasteiger partial charge < -0.3 is 0 Å². The van der Waals surface area contributed by atoms with Gasteiger partial charge in [0.25, 0.3) is 0 Å². The standard InChI is InChI=1S/C21H13Cl2FN4O/c22-11-19(29)28-21-26-17(12-4-2-1-3-5-12)10-18(27-21)15-9-13-8-14(24)6-7-16(13)25-20(15)23/h1-10H,11H2,(H,26,27,28,29). The lowest BCUT2D eigenvalue weighted by atomic mass is 10.1. The molecule has 8 heteroatoms. The molecule has 4 rings (SSSR count). The Morgan fingerprint density at radius 3 is 2.48 bits per heavy atom. The van der Waals surface area contributed by atoms with E-state index in [2.05, 4.69) is 20.3 Å². The van der Waals surface area contributed by atoms with E-state index in [1.54, 1.807) is 18.2 Å². The number of carbonyl (C=O) groups excluding carboxylic acids is 1. The summed E-state index contributed by atoms with van der Waals surface area (Å²) in [5.74, 6) is -0.962. The van der Waals surface area contributed by atoms with Gasteiger partial charge in [-0.3, -0.25) is 10.1 Å². The molecule has 0 unspecified atom stereocenters. The van der Waals surface area contributed by atoms with E-state index < -0.39 is 5.91 Å². The van der Waals surface area contributed by atoms with Gasteiger partial charge in [0.15, 0.2) is 0 Å². The molecule has 1 N–H and O–H groups in total. The molecule has 0 fully saturated rings. The van der Waals surface area contributed by atoms with Crippen molar-refractivity contribution in [2.24, 2.45) is 0 Å². The highest BCUT2D eigenvalue weighted by molar-refractivity contribution is 6.32. The van der Waals surface area contributed by atoms with Crippen molar-refractivity contribution in [3.05, 3.63) is 71.6 Å². The van der Waals surface area contributed by atoms with Gasteiger partial charge in [-0.2, -0.15) is 0 Å². The quantitative estimate of drug-likeness (QED) is 0.353. The third-order valence-corrected chi connectivity index (χ3v) is 4.71. The summed E-state index contributed by atoms with van der Waals surface area (Å²) in [5.41, 5.74) is 2.90. The van der Waals surface area contributed by atoms with Crippen LogP contribution in [0.2, 0.25) is 5.15 Å². The van der Waals surface area contributed by atoms with Gasteiger partial charge in [-0.25, -0.2) is 19.3 Å². The van der Waals surface area contributed by atoms with Gasteiger partial charge in [0.05, 0.1) is 16.9 Å². The molecule has 5 nitrogen and oxygen atoms in total. The van der Waals surface area contributed by atoms with Crippen LogP contribution in [-0.4, -0.2) is 26.7 Å². The molecule has 0 aliphatic rings. The number of aromatic nitrogens is 3. The minimum absolute atomic E-state index is 0.0856. The number of amides is 1. The summed E-state index contributed by atoms with van der Waals surface area (Å²) in [6.07, 6.45) is 0. The first kappa shape index (κ1) is 19.2. The van der Waals surface area contributed by atoms with E-state index in [0.29, 0.717) is 27.9 Å². The molecule has 0 spiro atoms. The molecule has 0 atom stereocenters. The number of nitrogens with one attached hydrogen (secondary N) is 1. The Balaban J connectivity index is 1.90. The van der Waals surface area contributed by atoms with Crippen molar-refractivity contribution in [1.29, 1.82) is 0 Å². The lowest BCUT2D eigenvalue weighted by molar-refractivity contribution is -0.114. The summed E-state index contributed by atoms with van der Waals surface area (Å²) in [5, 5.41) is 3.35. The second-order valence-electron chi connectivity index (χ2n) is 6.17. The number of anilines is 1. The topological polar surface area (TPSA) is 67.8 Å². The van der Waals surface area contributed by atoms with E-state index in [9.17, 15) is 9.18 Å². The Labute approximate surface area is 175 Å². The lowest BCUT2D eigenvalue weighted by Crippen LogP contribution is -2.15. The van der Waals surface area contributed by atoms with Gasteiger partial charge in [-0.05, 0) is 30.3 Å². The number of nitrogens with zero attached hydrogens (tertiary/aromatic N) is 3. The smallest absolute Gasteiger partial charge is 0.241 e. The molecule has 0 aliphatic carbocycles. The predicted molar refractivity (Wildman–Crippen MR) is 113 cm³/mol. The number of carbonyl (C=O) groups is 1. The Hall–Kier alpha value is -3.09. The average Bonchev–Trinajstić information content (AvgIpc) is 2.74. The molecule has 0 aliphatic heterocycles. The van der Waals surface area contributed by atoms with Gasteiger partial charge in [0, 0.05) is 16.5 Å². The normalized spacial score (nSPS) is 10.9. The van der Waals surface area contributed by atoms with Crippen molar-refractivity contribution in [3.8, 4) is 22.5 Å². The van der Waals surface area contributed by atoms with Gasteiger partial charge in [-0.1, -0.05) is 41.9 Å². The van der Waals surface area contributed by atoms with Gasteiger partial charge in [-0.15, -0.1) is 11.6 Å². The summed E-state index contributed by atoms with van der Waals surface area (Å²) < 4.78 is 13.7. The molecule has 2 heterocycles. The predicted octanol–water partition coefficient (Wildman–Crippen LogP) is 5.33. The third-order valence-electron chi connectivity index (χ3n) is 4.17. The molecule has 2 aromatic carbocycles. The summed E-state index contributed by atoms with van der Waals surface area (Å²) in [6, 6.07) is 17.1. The van der Waals surface area contributed by atoms with Gasteiger partial charge in [0.2, 0.25) is 11.9 Å². The van der Waals surface area contributed by atoms with Gasteiger partial charge >= 0.3 is 0 Å². The number of hydrogen-bond acceptors (Lipinski definition) is 4. The molecule has 0 radical (unpaired) electrons. The number of benzene rings is 2. The number of fused-ring (bicyclic) bond motifs is 1. The molecule has 0 bridgehead atoms. The molecule has 0 saturated heterocycles. The first-order chi connectivity index (χ1) is 14.0. The van der Waals surface area contributed by atoms with Crippen molar-refractivity contribution in [3.63, 3.8) is 0 Å². The zero-order valence-corrected chi connectivity index (χ0v) is 16.4. The summed E-state index contributed by atoms with van der Waals surface area (Å²) in [7, 11) is 0. The van der Waals surface area contributed by atoms with E-state index in [0.717, 1.165) is 5.56 Å². The minimum Gasteiger partial charge on any atom is -0.293 e. The Morgan fingerprint density at radius 2 is 1.72 bits per heavy atom. The molecule has 144 valence electrons. The highest BCUT2D eigenvalue weighted by atomic mass is 35.5. The largest absolute Gasteiger partial charge is 0.293 e. The average molecular weight is 427 g/mol. The Bertz CT molecular complexity index is 1220. The maximum atomic E-state index is 13.7. The van der Waals surface area contributed by atoms with Crippen molar-refractivity contribution < 1.29 is 9.18 Å². The van der Waals surface area contributed by atoms with Crippen LogP contribution in [-0.2, 0) is 4.79 Å². The van der Waals surface area contributed by atoms with Crippen molar-refractivity contribution >= 4 is 46.0 Å². The maximum Gasteiger partial charge on any atom is 0.241 e. The van der Waals surface area contributed by atoms with Crippen LogP contribution in [0.15, 0.2) is 60.7 Å². The number of hydrogen-bond donors (Lipinski definition) is 1. The van der Waals surface area contributed by atoms with Crippen LogP contribution in [0.3, 0.4) is 0 Å². The van der Waals surface area contributed by atoms with E-state index in [4.69, 9.17) is 23.2 Å². The number of halogens is 3. The zero-order valence-electron chi connectivity index (χ0n) is 14.9. The molecule has 29 heavy (non-hydrogen) atoms. The maximum absolute atomic E-state index is 13.7. The minimum atomic E-state index is -0.437. The van der Waals surface area contributed by atoms with Crippen LogP contribution in [0, 0.1) is 5.82 Å². The summed E-state index contributed by atoms with van der Waals surface area (Å²) >= 11 is 12.0. The highest BCUT2D eigenvalue weighted by Gasteiger charge is 2.14. The van der Waals surface area contributed by atoms with Crippen LogP contribution in [0.25, 0.3) is 33.4 Å². The van der Waals surface area contributed by atoms with Crippen LogP contribution in [0.5, 0.6) is 0 Å². The first-order valence-electron chi connectivity index (χ1n) is 8.60. The van der Waals surface area contributed by atoms with Crippen molar-refractivity contribution in [2.75, 3.05) is 11.2 Å². The number of alkyl halides is 1. The second-order valence-corrected chi connectivity index (χ2v) is 6.80.